The molecule has 4 unspecified atom stereocenters. The van der Waals surface area contributed by atoms with Gasteiger partial charge in [0.05, 0.1) is 26.4 Å². The molecule has 0 aromatic rings. The normalized spacial score (nSPS) is 14.2. The van der Waals surface area contributed by atoms with Gasteiger partial charge in [-0.3, -0.25) is 37.3 Å². The molecule has 0 saturated carbocycles. The summed E-state index contributed by atoms with van der Waals surface area (Å²) in [4.78, 5) is 73.2. The van der Waals surface area contributed by atoms with Crippen molar-refractivity contribution in [1.29, 1.82) is 0 Å². The molecule has 0 heterocycles. The molecule has 0 fully saturated rings. The standard InChI is InChI=1S/C85H166O17P2/c1-9-78(8)64-56-48-40-32-26-19-16-17-21-29-35-43-52-60-68-85(90)102-81(72-96-83(88)66-58-50-44-36-39-47-55-63-77(6)7)74-100-104(93,94)98-70-79(86)69-97-103(91,92)99-73-80(71-95-82(87)65-57-49-41-33-27-23-22-25-31-38-46-54-62-76(4)5)101-84(89)67-59-51-42-34-28-20-15-13-11-10-12-14-18-24-30-37-45-53-61-75(2)3/h75-81,86H,9-74H2,1-8H3,(H,91,92)(H,93,94)/t78?,79?,80-,81-/m1/s1. The molecule has 0 spiro atoms. The lowest BCUT2D eigenvalue weighted by Gasteiger charge is -2.21. The van der Waals surface area contributed by atoms with Gasteiger partial charge in [0.15, 0.2) is 12.2 Å². The predicted molar refractivity (Wildman–Crippen MR) is 428 cm³/mol. The Morgan fingerprint density at radius 1 is 0.269 bits per heavy atom. The summed E-state index contributed by atoms with van der Waals surface area (Å²) in [6.07, 6.45) is 62.5. The first-order valence-corrected chi connectivity index (χ1v) is 46.7. The number of phosphoric acid groups is 2. The van der Waals surface area contributed by atoms with Crippen molar-refractivity contribution in [2.75, 3.05) is 39.6 Å². The molecule has 0 aliphatic carbocycles. The van der Waals surface area contributed by atoms with E-state index in [-0.39, 0.29) is 25.7 Å². The number of ether oxygens (including phenoxy) is 4. The Bertz CT molecular complexity index is 2030. The van der Waals surface area contributed by atoms with Crippen LogP contribution < -0.4 is 0 Å². The zero-order valence-corrected chi connectivity index (χ0v) is 70.5. The minimum atomic E-state index is -4.97. The van der Waals surface area contributed by atoms with E-state index in [2.05, 4.69) is 55.4 Å². The van der Waals surface area contributed by atoms with E-state index in [1.54, 1.807) is 0 Å². The summed E-state index contributed by atoms with van der Waals surface area (Å²) in [6.45, 7) is 14.3. The molecule has 0 aromatic carbocycles. The third-order valence-electron chi connectivity index (χ3n) is 20.2. The maximum Gasteiger partial charge on any atom is 0.472 e. The van der Waals surface area contributed by atoms with Gasteiger partial charge in [-0.15, -0.1) is 0 Å². The van der Waals surface area contributed by atoms with Crippen molar-refractivity contribution >= 4 is 39.5 Å². The monoisotopic (exact) mass is 1520 g/mol. The molecule has 6 atom stereocenters. The van der Waals surface area contributed by atoms with Crippen LogP contribution in [0, 0.1) is 23.7 Å². The molecule has 0 amide bonds. The molecular formula is C85H166O17P2. The molecule has 0 aromatic heterocycles. The highest BCUT2D eigenvalue weighted by Gasteiger charge is 2.30. The first-order chi connectivity index (χ1) is 50.1. The molecule has 0 radical (unpaired) electrons. The van der Waals surface area contributed by atoms with Crippen molar-refractivity contribution in [1.82, 2.24) is 0 Å². The minimum Gasteiger partial charge on any atom is -0.462 e. The average Bonchev–Trinajstić information content (AvgIpc) is 0.927. The first-order valence-electron chi connectivity index (χ1n) is 43.7. The fourth-order valence-electron chi connectivity index (χ4n) is 13.1. The van der Waals surface area contributed by atoms with Gasteiger partial charge < -0.3 is 33.8 Å². The summed E-state index contributed by atoms with van der Waals surface area (Å²) in [6, 6.07) is 0. The van der Waals surface area contributed by atoms with E-state index in [1.165, 1.54) is 238 Å². The second-order valence-electron chi connectivity index (χ2n) is 32.2. The van der Waals surface area contributed by atoms with Crippen LogP contribution in [0.25, 0.3) is 0 Å². The van der Waals surface area contributed by atoms with E-state index in [4.69, 9.17) is 37.0 Å². The Hall–Kier alpha value is -1.94. The Kier molecular flexibility index (Phi) is 72.5. The number of aliphatic hydroxyl groups is 1. The molecule has 19 heteroatoms. The molecule has 618 valence electrons. The molecule has 17 nitrogen and oxygen atoms in total. The molecule has 104 heavy (non-hydrogen) atoms. The zero-order valence-electron chi connectivity index (χ0n) is 68.7. The lowest BCUT2D eigenvalue weighted by atomic mass is 9.99. The second-order valence-corrected chi connectivity index (χ2v) is 35.2. The molecule has 0 aliphatic rings. The van der Waals surface area contributed by atoms with Gasteiger partial charge in [-0.1, -0.05) is 389 Å². The SMILES string of the molecule is CCC(C)CCCCCCCCCCCCCCCCC(=O)O[C@H](COC(=O)CCCCCCCCCC(C)C)COP(=O)(O)OCC(O)COP(=O)(O)OC[C@@H](COC(=O)CCCCCCCCCCCCCCC(C)C)OC(=O)CCCCCCCCCCCCCCCCCCCCC(C)C. The Balaban J connectivity index is 5.22. The van der Waals surface area contributed by atoms with Crippen molar-refractivity contribution in [3.63, 3.8) is 0 Å². The lowest BCUT2D eigenvalue weighted by molar-refractivity contribution is -0.161. The fourth-order valence-corrected chi connectivity index (χ4v) is 14.7. The van der Waals surface area contributed by atoms with Crippen molar-refractivity contribution in [3.05, 3.63) is 0 Å². The number of aliphatic hydroxyl groups excluding tert-OH is 1. The molecule has 0 rings (SSSR count). The largest absolute Gasteiger partial charge is 0.472 e. The third-order valence-corrected chi connectivity index (χ3v) is 22.1. The third kappa shape index (κ3) is 76.8. The molecule has 3 N–H and O–H groups in total. The number of carbonyl (C=O) groups is 4. The summed E-state index contributed by atoms with van der Waals surface area (Å²) in [7, 11) is -9.93. The van der Waals surface area contributed by atoms with Gasteiger partial charge in [-0.05, 0) is 49.4 Å². The lowest BCUT2D eigenvalue weighted by Crippen LogP contribution is -2.30. The topological polar surface area (TPSA) is 237 Å². The summed E-state index contributed by atoms with van der Waals surface area (Å²) in [5.74, 6) is 1.04. The minimum absolute atomic E-state index is 0.107. The van der Waals surface area contributed by atoms with Crippen LogP contribution in [0.15, 0.2) is 0 Å². The highest BCUT2D eigenvalue weighted by Crippen LogP contribution is 2.45. The summed E-state index contributed by atoms with van der Waals surface area (Å²) in [5.41, 5.74) is 0. The van der Waals surface area contributed by atoms with E-state index in [0.29, 0.717) is 31.6 Å². The number of carbonyl (C=O) groups excluding carboxylic acids is 4. The quantitative estimate of drug-likeness (QED) is 0.0222. The summed E-state index contributed by atoms with van der Waals surface area (Å²) >= 11 is 0. The second kappa shape index (κ2) is 73.8. The van der Waals surface area contributed by atoms with Crippen LogP contribution in [0.4, 0.5) is 0 Å². The number of rotatable bonds is 82. The molecular weight excluding hydrogens is 1350 g/mol. The fraction of sp³-hybridized carbons (Fsp3) is 0.953. The van der Waals surface area contributed by atoms with Gasteiger partial charge in [0.1, 0.15) is 19.3 Å². The predicted octanol–water partition coefficient (Wildman–Crippen LogP) is 25.6. The van der Waals surface area contributed by atoms with Gasteiger partial charge in [0, 0.05) is 25.7 Å². The van der Waals surface area contributed by atoms with E-state index in [1.807, 2.05) is 0 Å². The van der Waals surface area contributed by atoms with E-state index >= 15 is 0 Å². The van der Waals surface area contributed by atoms with Gasteiger partial charge in [-0.2, -0.15) is 0 Å². The first kappa shape index (κ1) is 102. The van der Waals surface area contributed by atoms with Crippen LogP contribution in [0.2, 0.25) is 0 Å². The highest BCUT2D eigenvalue weighted by molar-refractivity contribution is 7.47. The number of unbranched alkanes of at least 4 members (excludes halogenated alkanes) is 47. The van der Waals surface area contributed by atoms with Crippen molar-refractivity contribution in [3.8, 4) is 0 Å². The van der Waals surface area contributed by atoms with E-state index in [0.717, 1.165) is 114 Å². The van der Waals surface area contributed by atoms with Crippen molar-refractivity contribution < 1.29 is 80.2 Å². The summed E-state index contributed by atoms with van der Waals surface area (Å²) in [5, 5.41) is 10.7. The smallest absolute Gasteiger partial charge is 0.462 e. The van der Waals surface area contributed by atoms with Crippen molar-refractivity contribution in [2.45, 2.75) is 459 Å². The Morgan fingerprint density at radius 3 is 0.683 bits per heavy atom. The van der Waals surface area contributed by atoms with Gasteiger partial charge in [0.2, 0.25) is 0 Å². The highest BCUT2D eigenvalue weighted by atomic mass is 31.2. The average molecular weight is 1520 g/mol. The Morgan fingerprint density at radius 2 is 0.462 bits per heavy atom. The molecule has 0 saturated heterocycles. The van der Waals surface area contributed by atoms with Crippen LogP contribution in [0.5, 0.6) is 0 Å². The zero-order chi connectivity index (χ0) is 76.7. The van der Waals surface area contributed by atoms with Crippen LogP contribution >= 0.6 is 15.6 Å². The van der Waals surface area contributed by atoms with Gasteiger partial charge in [0.25, 0.3) is 0 Å². The van der Waals surface area contributed by atoms with E-state index in [9.17, 15) is 43.2 Å². The van der Waals surface area contributed by atoms with E-state index < -0.39 is 97.5 Å². The summed E-state index contributed by atoms with van der Waals surface area (Å²) < 4.78 is 68.8. The Labute approximate surface area is 638 Å². The van der Waals surface area contributed by atoms with Crippen LogP contribution in [0.1, 0.15) is 441 Å². The van der Waals surface area contributed by atoms with Gasteiger partial charge in [-0.25, -0.2) is 9.13 Å². The molecule has 0 bridgehead atoms. The number of hydrogen-bond acceptors (Lipinski definition) is 15. The number of hydrogen-bond donors (Lipinski definition) is 3. The van der Waals surface area contributed by atoms with Crippen LogP contribution in [0.3, 0.4) is 0 Å². The molecule has 0 aliphatic heterocycles. The maximum absolute atomic E-state index is 13.1. The van der Waals surface area contributed by atoms with Crippen molar-refractivity contribution in [2.24, 2.45) is 23.7 Å². The van der Waals surface area contributed by atoms with Crippen LogP contribution in [-0.2, 0) is 65.4 Å². The van der Waals surface area contributed by atoms with Crippen LogP contribution in [-0.4, -0.2) is 96.7 Å². The van der Waals surface area contributed by atoms with Gasteiger partial charge >= 0.3 is 39.5 Å². The number of phosphoric ester groups is 2. The number of esters is 4. The maximum atomic E-state index is 13.1.